The lowest BCUT2D eigenvalue weighted by Gasteiger charge is -2.15. The first-order valence-corrected chi connectivity index (χ1v) is 5.33. The van der Waals surface area contributed by atoms with Gasteiger partial charge < -0.3 is 15.7 Å². The summed E-state index contributed by atoms with van der Waals surface area (Å²) >= 11 is -2.37. The van der Waals surface area contributed by atoms with Gasteiger partial charge in [0.25, 0.3) is 0 Å². The molecule has 15 heavy (non-hydrogen) atoms. The van der Waals surface area contributed by atoms with Gasteiger partial charge in [-0.3, -0.25) is 4.55 Å². The van der Waals surface area contributed by atoms with Crippen LogP contribution in [0.2, 0.25) is 0 Å². The van der Waals surface area contributed by atoms with Crippen LogP contribution >= 0.6 is 0 Å². The normalized spacial score (nSPS) is 12.5. The van der Waals surface area contributed by atoms with Crippen molar-refractivity contribution >= 4 is 22.7 Å². The average molecular weight is 230 g/mol. The van der Waals surface area contributed by atoms with Crippen molar-refractivity contribution in [3.8, 4) is 5.75 Å². The van der Waals surface area contributed by atoms with Crippen LogP contribution in [-0.4, -0.2) is 8.76 Å². The molecule has 1 rings (SSSR count). The molecule has 1 aromatic carbocycles. The SMILES string of the molecule is Cc1c(N)c(C)c(OS(=O)O)c(C)c1N. The van der Waals surface area contributed by atoms with Crippen molar-refractivity contribution in [2.45, 2.75) is 20.8 Å². The van der Waals surface area contributed by atoms with Gasteiger partial charge in [0.2, 0.25) is 0 Å². The molecule has 0 aliphatic carbocycles. The molecular formula is C9H14N2O3S. The summed E-state index contributed by atoms with van der Waals surface area (Å²) in [7, 11) is 0. The number of anilines is 2. The molecule has 0 bridgehead atoms. The number of benzene rings is 1. The van der Waals surface area contributed by atoms with Crippen LogP contribution in [0.4, 0.5) is 11.4 Å². The maximum absolute atomic E-state index is 10.6. The quantitative estimate of drug-likeness (QED) is 0.525. The van der Waals surface area contributed by atoms with Crippen molar-refractivity contribution in [1.82, 2.24) is 0 Å². The zero-order valence-electron chi connectivity index (χ0n) is 8.83. The summed E-state index contributed by atoms with van der Waals surface area (Å²) in [6.07, 6.45) is 0. The van der Waals surface area contributed by atoms with E-state index < -0.39 is 11.4 Å². The van der Waals surface area contributed by atoms with Gasteiger partial charge in [-0.1, -0.05) is 0 Å². The van der Waals surface area contributed by atoms with Crippen LogP contribution < -0.4 is 15.7 Å². The second-order valence-corrected chi connectivity index (χ2v) is 3.93. The van der Waals surface area contributed by atoms with Crippen LogP contribution in [0.25, 0.3) is 0 Å². The van der Waals surface area contributed by atoms with Crippen LogP contribution in [0.1, 0.15) is 16.7 Å². The van der Waals surface area contributed by atoms with Crippen LogP contribution in [0.5, 0.6) is 5.75 Å². The highest BCUT2D eigenvalue weighted by molar-refractivity contribution is 7.74. The zero-order chi connectivity index (χ0) is 11.7. The van der Waals surface area contributed by atoms with E-state index in [-0.39, 0.29) is 5.75 Å². The Hall–Kier alpha value is -1.27. The van der Waals surface area contributed by atoms with Gasteiger partial charge in [0, 0.05) is 22.5 Å². The molecule has 0 aliphatic rings. The largest absolute Gasteiger partial charge is 0.398 e. The summed E-state index contributed by atoms with van der Waals surface area (Å²) in [5.41, 5.74) is 14.6. The van der Waals surface area contributed by atoms with E-state index in [2.05, 4.69) is 0 Å². The van der Waals surface area contributed by atoms with E-state index in [1.807, 2.05) is 0 Å². The highest BCUT2D eigenvalue weighted by Crippen LogP contribution is 2.36. The van der Waals surface area contributed by atoms with E-state index in [1.165, 1.54) is 0 Å². The minimum Gasteiger partial charge on any atom is -0.398 e. The predicted molar refractivity (Wildman–Crippen MR) is 60.9 cm³/mol. The number of nitrogen functional groups attached to an aromatic ring is 2. The molecule has 0 saturated heterocycles. The van der Waals surface area contributed by atoms with Crippen molar-refractivity contribution in [2.75, 3.05) is 11.5 Å². The second kappa shape index (κ2) is 4.08. The molecule has 1 aromatic rings. The van der Waals surface area contributed by atoms with Gasteiger partial charge in [0.05, 0.1) is 0 Å². The highest BCUT2D eigenvalue weighted by atomic mass is 32.2. The van der Waals surface area contributed by atoms with Gasteiger partial charge >= 0.3 is 11.4 Å². The fourth-order valence-corrected chi connectivity index (χ4v) is 1.82. The minimum atomic E-state index is -2.37. The van der Waals surface area contributed by atoms with Crippen molar-refractivity contribution in [1.29, 1.82) is 0 Å². The maximum Gasteiger partial charge on any atom is 0.357 e. The zero-order valence-corrected chi connectivity index (χ0v) is 9.64. The summed E-state index contributed by atoms with van der Waals surface area (Å²) in [6.45, 7) is 5.23. The maximum atomic E-state index is 10.6. The average Bonchev–Trinajstić information content (AvgIpc) is 2.18. The van der Waals surface area contributed by atoms with Gasteiger partial charge in [-0.05, 0) is 26.3 Å². The van der Waals surface area contributed by atoms with Crippen LogP contribution in [0, 0.1) is 20.8 Å². The van der Waals surface area contributed by atoms with Crippen molar-refractivity contribution in [3.05, 3.63) is 16.7 Å². The summed E-state index contributed by atoms with van der Waals surface area (Å²) in [5, 5.41) is 0. The van der Waals surface area contributed by atoms with Gasteiger partial charge in [-0.2, -0.15) is 4.21 Å². The van der Waals surface area contributed by atoms with Crippen molar-refractivity contribution in [2.24, 2.45) is 0 Å². The van der Waals surface area contributed by atoms with Gasteiger partial charge in [-0.25, -0.2) is 0 Å². The van der Waals surface area contributed by atoms with E-state index in [0.717, 1.165) is 5.56 Å². The molecule has 0 aromatic heterocycles. The highest BCUT2D eigenvalue weighted by Gasteiger charge is 2.16. The molecule has 5 nitrogen and oxygen atoms in total. The van der Waals surface area contributed by atoms with Gasteiger partial charge in [0.1, 0.15) is 0 Å². The smallest absolute Gasteiger partial charge is 0.357 e. The molecule has 1 unspecified atom stereocenters. The number of hydrogen-bond acceptors (Lipinski definition) is 4. The Kier molecular flexibility index (Phi) is 3.21. The standard InChI is InChI=1S/C9H14N2O3S/c1-4-7(10)5(2)9(14-15(12)13)6(3)8(4)11/h10-11H2,1-3H3,(H,12,13). The molecule has 0 heterocycles. The van der Waals surface area contributed by atoms with Crippen molar-refractivity contribution < 1.29 is 12.9 Å². The molecule has 0 aliphatic heterocycles. The van der Waals surface area contributed by atoms with E-state index >= 15 is 0 Å². The molecule has 0 fully saturated rings. The molecule has 0 saturated carbocycles. The lowest BCUT2D eigenvalue weighted by Crippen LogP contribution is -2.07. The lowest BCUT2D eigenvalue weighted by atomic mass is 10.0. The molecule has 6 heteroatoms. The molecule has 5 N–H and O–H groups in total. The Morgan fingerprint density at radius 3 is 1.80 bits per heavy atom. The number of rotatable bonds is 2. The molecule has 0 radical (unpaired) electrons. The number of hydrogen-bond donors (Lipinski definition) is 3. The molecule has 0 amide bonds. The Labute approximate surface area is 90.9 Å². The Morgan fingerprint density at radius 2 is 1.47 bits per heavy atom. The van der Waals surface area contributed by atoms with E-state index in [1.54, 1.807) is 20.8 Å². The second-order valence-electron chi connectivity index (χ2n) is 3.33. The Balaban J connectivity index is 3.45. The summed E-state index contributed by atoms with van der Waals surface area (Å²) in [5.74, 6) is 0.274. The Morgan fingerprint density at radius 1 is 1.07 bits per heavy atom. The lowest BCUT2D eigenvalue weighted by molar-refractivity contribution is 0.455. The third kappa shape index (κ3) is 2.05. The fraction of sp³-hybridized carbons (Fsp3) is 0.333. The first-order valence-electron chi connectivity index (χ1n) is 4.30. The van der Waals surface area contributed by atoms with E-state index in [4.69, 9.17) is 20.2 Å². The Bertz CT molecular complexity index is 403. The minimum absolute atomic E-state index is 0.274. The van der Waals surface area contributed by atoms with Crippen LogP contribution in [0.15, 0.2) is 0 Å². The summed E-state index contributed by atoms with van der Waals surface area (Å²) in [4.78, 5) is 0. The summed E-state index contributed by atoms with van der Waals surface area (Å²) < 4.78 is 24.0. The number of nitrogens with two attached hydrogens (primary N) is 2. The first-order chi connectivity index (χ1) is 6.86. The first kappa shape index (κ1) is 11.8. The topological polar surface area (TPSA) is 98.6 Å². The molecule has 84 valence electrons. The van der Waals surface area contributed by atoms with Gasteiger partial charge in [0.15, 0.2) is 5.75 Å². The summed E-state index contributed by atoms with van der Waals surface area (Å²) in [6, 6.07) is 0. The van der Waals surface area contributed by atoms with Crippen LogP contribution in [0.3, 0.4) is 0 Å². The molecule has 1 atom stereocenters. The molecule has 0 spiro atoms. The third-order valence-corrected chi connectivity index (χ3v) is 2.76. The third-order valence-electron chi connectivity index (χ3n) is 2.45. The predicted octanol–water partition coefficient (Wildman–Crippen LogP) is 1.29. The van der Waals surface area contributed by atoms with E-state index in [0.29, 0.717) is 22.5 Å². The van der Waals surface area contributed by atoms with Crippen LogP contribution in [-0.2, 0) is 11.4 Å². The molecular weight excluding hydrogens is 216 g/mol. The monoisotopic (exact) mass is 230 g/mol. The fourth-order valence-electron chi connectivity index (χ4n) is 1.43. The van der Waals surface area contributed by atoms with Gasteiger partial charge in [-0.15, -0.1) is 0 Å². The van der Waals surface area contributed by atoms with Crippen molar-refractivity contribution in [3.63, 3.8) is 0 Å². The van der Waals surface area contributed by atoms with E-state index in [9.17, 15) is 4.21 Å².